The van der Waals surface area contributed by atoms with Crippen molar-refractivity contribution in [2.24, 2.45) is 5.73 Å². The van der Waals surface area contributed by atoms with Crippen LogP contribution in [-0.2, 0) is 4.74 Å². The number of rotatable bonds is 2. The van der Waals surface area contributed by atoms with Crippen molar-refractivity contribution < 1.29 is 14.6 Å². The van der Waals surface area contributed by atoms with Crippen LogP contribution < -0.4 is 5.73 Å². The Kier molecular flexibility index (Phi) is 3.50. The van der Waals surface area contributed by atoms with Crippen molar-refractivity contribution in [3.05, 3.63) is 0 Å². The Hall–Kier alpha value is -0.810. The van der Waals surface area contributed by atoms with Gasteiger partial charge < -0.3 is 20.5 Å². The van der Waals surface area contributed by atoms with E-state index in [1.54, 1.807) is 0 Å². The molecule has 2 atom stereocenters. The minimum absolute atomic E-state index is 0.0319. The highest BCUT2D eigenvalue weighted by Crippen LogP contribution is 2.12. The first kappa shape index (κ1) is 10.3. The number of nitrogens with two attached hydrogens (primary N) is 1. The van der Waals surface area contributed by atoms with Crippen LogP contribution in [0.2, 0.25) is 0 Å². The van der Waals surface area contributed by atoms with Gasteiger partial charge in [0, 0.05) is 19.2 Å². The van der Waals surface area contributed by atoms with Crippen LogP contribution >= 0.6 is 0 Å². The molecule has 5 nitrogen and oxygen atoms in total. The standard InChI is InChI=1S/C8H16N2O3/c1-2-13-7-5-10(8(11)12)4-3-6(7)9/h6-7H,2-5,9H2,1H3,(H,11,12)/t6-,7+/m1/s1. The fourth-order valence-corrected chi connectivity index (χ4v) is 1.50. The Morgan fingerprint density at radius 3 is 3.00 bits per heavy atom. The van der Waals surface area contributed by atoms with Gasteiger partial charge in [-0.2, -0.15) is 0 Å². The monoisotopic (exact) mass is 188 g/mol. The van der Waals surface area contributed by atoms with Crippen molar-refractivity contribution in [3.63, 3.8) is 0 Å². The van der Waals surface area contributed by atoms with E-state index in [2.05, 4.69) is 0 Å². The highest BCUT2D eigenvalue weighted by Gasteiger charge is 2.29. The molecule has 1 rings (SSSR count). The van der Waals surface area contributed by atoms with Crippen LogP contribution in [0.1, 0.15) is 13.3 Å². The van der Waals surface area contributed by atoms with Crippen molar-refractivity contribution in [1.82, 2.24) is 4.90 Å². The Labute approximate surface area is 77.5 Å². The molecule has 0 spiro atoms. The van der Waals surface area contributed by atoms with Gasteiger partial charge >= 0.3 is 6.09 Å². The first-order valence-corrected chi connectivity index (χ1v) is 4.50. The number of piperidine rings is 1. The quantitative estimate of drug-likeness (QED) is 0.644. The van der Waals surface area contributed by atoms with Crippen molar-refractivity contribution in [2.45, 2.75) is 25.5 Å². The highest BCUT2D eigenvalue weighted by atomic mass is 16.5. The minimum Gasteiger partial charge on any atom is -0.465 e. The molecule has 13 heavy (non-hydrogen) atoms. The molecule has 1 aliphatic heterocycles. The van der Waals surface area contributed by atoms with E-state index in [1.807, 2.05) is 6.92 Å². The molecule has 3 N–H and O–H groups in total. The van der Waals surface area contributed by atoms with Crippen LogP contribution in [0.5, 0.6) is 0 Å². The predicted octanol–water partition coefficient (Wildman–Crippen LogP) is 0.103. The summed E-state index contributed by atoms with van der Waals surface area (Å²) in [6, 6.07) is -0.0319. The molecule has 0 aromatic heterocycles. The van der Waals surface area contributed by atoms with Crippen LogP contribution in [0.15, 0.2) is 0 Å². The maximum atomic E-state index is 10.6. The Morgan fingerprint density at radius 2 is 2.46 bits per heavy atom. The van der Waals surface area contributed by atoms with Crippen LogP contribution in [-0.4, -0.2) is 47.9 Å². The third-order valence-corrected chi connectivity index (χ3v) is 2.26. The third-order valence-electron chi connectivity index (χ3n) is 2.26. The second kappa shape index (κ2) is 4.43. The first-order valence-electron chi connectivity index (χ1n) is 4.50. The van der Waals surface area contributed by atoms with E-state index in [9.17, 15) is 4.79 Å². The number of hydrogen-bond donors (Lipinski definition) is 2. The number of nitrogens with zero attached hydrogens (tertiary/aromatic N) is 1. The average Bonchev–Trinajstić information content (AvgIpc) is 2.08. The molecule has 5 heteroatoms. The maximum absolute atomic E-state index is 10.6. The predicted molar refractivity (Wildman–Crippen MR) is 47.6 cm³/mol. The highest BCUT2D eigenvalue weighted by molar-refractivity contribution is 5.65. The second-order valence-electron chi connectivity index (χ2n) is 3.17. The molecule has 0 aromatic carbocycles. The van der Waals surface area contributed by atoms with Gasteiger partial charge in [0.15, 0.2) is 0 Å². The molecule has 1 aliphatic rings. The summed E-state index contributed by atoms with van der Waals surface area (Å²) in [5.41, 5.74) is 5.78. The Morgan fingerprint density at radius 1 is 1.77 bits per heavy atom. The molecule has 1 saturated heterocycles. The lowest BCUT2D eigenvalue weighted by Crippen LogP contribution is -2.53. The summed E-state index contributed by atoms with van der Waals surface area (Å²) in [6.07, 6.45) is -0.358. The maximum Gasteiger partial charge on any atom is 0.407 e. The van der Waals surface area contributed by atoms with E-state index in [0.717, 1.165) is 0 Å². The van der Waals surface area contributed by atoms with Crippen molar-refractivity contribution in [1.29, 1.82) is 0 Å². The van der Waals surface area contributed by atoms with Gasteiger partial charge in [-0.15, -0.1) is 0 Å². The van der Waals surface area contributed by atoms with Crippen LogP contribution in [0.25, 0.3) is 0 Å². The smallest absolute Gasteiger partial charge is 0.407 e. The molecule has 1 fully saturated rings. The molecule has 76 valence electrons. The average molecular weight is 188 g/mol. The molecule has 1 heterocycles. The van der Waals surface area contributed by atoms with Gasteiger partial charge in [0.25, 0.3) is 0 Å². The van der Waals surface area contributed by atoms with Crippen LogP contribution in [0, 0.1) is 0 Å². The van der Waals surface area contributed by atoms with E-state index in [0.29, 0.717) is 26.1 Å². The van der Waals surface area contributed by atoms with Gasteiger partial charge in [0.05, 0.1) is 12.6 Å². The number of likely N-dealkylation sites (tertiary alicyclic amines) is 1. The zero-order valence-corrected chi connectivity index (χ0v) is 7.77. The summed E-state index contributed by atoms with van der Waals surface area (Å²) in [6.45, 7) is 3.36. The summed E-state index contributed by atoms with van der Waals surface area (Å²) in [4.78, 5) is 12.0. The lowest BCUT2D eigenvalue weighted by atomic mass is 10.0. The van der Waals surface area contributed by atoms with Crippen molar-refractivity contribution in [3.8, 4) is 0 Å². The number of hydrogen-bond acceptors (Lipinski definition) is 3. The lowest BCUT2D eigenvalue weighted by Gasteiger charge is -2.34. The number of ether oxygens (including phenoxy) is 1. The Bertz CT molecular complexity index is 186. The van der Waals surface area contributed by atoms with E-state index in [-0.39, 0.29) is 12.1 Å². The summed E-state index contributed by atoms with van der Waals surface area (Å²) >= 11 is 0. The normalized spacial score (nSPS) is 28.9. The number of amides is 1. The SMILES string of the molecule is CCO[C@H]1CN(C(=O)O)CC[C@H]1N. The Balaban J connectivity index is 2.47. The molecule has 0 saturated carbocycles. The summed E-state index contributed by atoms with van der Waals surface area (Å²) < 4.78 is 5.35. The zero-order chi connectivity index (χ0) is 9.84. The summed E-state index contributed by atoms with van der Waals surface area (Å²) in [5.74, 6) is 0. The molecule has 1 amide bonds. The summed E-state index contributed by atoms with van der Waals surface area (Å²) in [5, 5.41) is 8.74. The van der Waals surface area contributed by atoms with E-state index >= 15 is 0 Å². The van der Waals surface area contributed by atoms with E-state index < -0.39 is 6.09 Å². The zero-order valence-electron chi connectivity index (χ0n) is 7.77. The molecular formula is C8H16N2O3. The molecule has 0 bridgehead atoms. The van der Waals surface area contributed by atoms with Crippen molar-refractivity contribution >= 4 is 6.09 Å². The minimum atomic E-state index is -0.892. The molecule has 0 unspecified atom stereocenters. The fourth-order valence-electron chi connectivity index (χ4n) is 1.50. The number of carboxylic acid groups (broad SMARTS) is 1. The largest absolute Gasteiger partial charge is 0.465 e. The van der Waals surface area contributed by atoms with Crippen molar-refractivity contribution in [2.75, 3.05) is 19.7 Å². The van der Waals surface area contributed by atoms with Gasteiger partial charge in [0.2, 0.25) is 0 Å². The van der Waals surface area contributed by atoms with E-state index in [4.69, 9.17) is 15.6 Å². The van der Waals surface area contributed by atoms with Crippen LogP contribution in [0.4, 0.5) is 4.79 Å². The molecular weight excluding hydrogens is 172 g/mol. The van der Waals surface area contributed by atoms with Gasteiger partial charge in [-0.3, -0.25) is 0 Å². The second-order valence-corrected chi connectivity index (χ2v) is 3.17. The third kappa shape index (κ3) is 2.57. The van der Waals surface area contributed by atoms with E-state index in [1.165, 1.54) is 4.90 Å². The lowest BCUT2D eigenvalue weighted by molar-refractivity contribution is -0.00308. The van der Waals surface area contributed by atoms with Gasteiger partial charge in [-0.05, 0) is 13.3 Å². The van der Waals surface area contributed by atoms with Gasteiger partial charge in [-0.1, -0.05) is 0 Å². The first-order chi connectivity index (χ1) is 6.15. The van der Waals surface area contributed by atoms with Crippen LogP contribution in [0.3, 0.4) is 0 Å². The van der Waals surface area contributed by atoms with Gasteiger partial charge in [-0.25, -0.2) is 4.79 Å². The number of carbonyl (C=O) groups is 1. The molecule has 0 aromatic rings. The summed E-state index contributed by atoms with van der Waals surface area (Å²) in [7, 11) is 0. The topological polar surface area (TPSA) is 75.8 Å². The molecule has 0 radical (unpaired) electrons. The van der Waals surface area contributed by atoms with Gasteiger partial charge in [0.1, 0.15) is 0 Å². The fraction of sp³-hybridized carbons (Fsp3) is 0.875. The molecule has 0 aliphatic carbocycles.